The second-order valence-electron chi connectivity index (χ2n) is 9.00. The molecule has 34 heavy (non-hydrogen) atoms. The van der Waals surface area contributed by atoms with E-state index in [1.807, 2.05) is 41.3 Å². The van der Waals surface area contributed by atoms with Gasteiger partial charge in [-0.2, -0.15) is 0 Å². The molecule has 0 unspecified atom stereocenters. The molecule has 172 valence electrons. The predicted molar refractivity (Wildman–Crippen MR) is 136 cm³/mol. The van der Waals surface area contributed by atoms with Gasteiger partial charge in [-0.1, -0.05) is 35.9 Å². The number of fused-ring (bicyclic) bond motifs is 4. The van der Waals surface area contributed by atoms with Crippen molar-refractivity contribution in [3.8, 4) is 11.4 Å². The van der Waals surface area contributed by atoms with E-state index in [2.05, 4.69) is 46.5 Å². The Morgan fingerprint density at radius 2 is 1.85 bits per heavy atom. The second kappa shape index (κ2) is 8.64. The molecule has 4 aromatic rings. The SMILES string of the molecule is O=C(c1ccccc1CCc1cccs1)N1CCC2(CC1)Oc1cc(Cl)ccc1-n1cccc12. The van der Waals surface area contributed by atoms with Crippen LogP contribution in [0.25, 0.3) is 5.69 Å². The summed E-state index contributed by atoms with van der Waals surface area (Å²) in [5.74, 6) is 0.918. The summed E-state index contributed by atoms with van der Waals surface area (Å²) in [5.41, 5.74) is 3.64. The number of amides is 1. The van der Waals surface area contributed by atoms with Crippen molar-refractivity contribution in [1.29, 1.82) is 0 Å². The topological polar surface area (TPSA) is 34.5 Å². The van der Waals surface area contributed by atoms with E-state index >= 15 is 0 Å². The van der Waals surface area contributed by atoms with E-state index in [1.165, 1.54) is 4.88 Å². The van der Waals surface area contributed by atoms with Crippen LogP contribution in [0.15, 0.2) is 78.3 Å². The van der Waals surface area contributed by atoms with Gasteiger partial charge in [-0.05, 0) is 60.2 Å². The summed E-state index contributed by atoms with van der Waals surface area (Å²) < 4.78 is 8.82. The number of rotatable bonds is 4. The molecule has 4 heterocycles. The van der Waals surface area contributed by atoms with E-state index in [9.17, 15) is 4.79 Å². The average molecular weight is 489 g/mol. The first-order chi connectivity index (χ1) is 16.6. The largest absolute Gasteiger partial charge is 0.479 e. The zero-order valence-corrected chi connectivity index (χ0v) is 20.3. The minimum Gasteiger partial charge on any atom is -0.479 e. The number of thiophene rings is 1. The Balaban J connectivity index is 1.21. The number of carbonyl (C=O) groups excluding carboxylic acids is 1. The molecule has 1 fully saturated rings. The highest BCUT2D eigenvalue weighted by atomic mass is 35.5. The minimum absolute atomic E-state index is 0.117. The van der Waals surface area contributed by atoms with Crippen molar-refractivity contribution in [3.63, 3.8) is 0 Å². The van der Waals surface area contributed by atoms with Gasteiger partial charge in [-0.3, -0.25) is 4.79 Å². The zero-order chi connectivity index (χ0) is 23.1. The van der Waals surface area contributed by atoms with Crippen LogP contribution in [0.2, 0.25) is 5.02 Å². The molecule has 0 radical (unpaired) electrons. The van der Waals surface area contributed by atoms with Gasteiger partial charge >= 0.3 is 0 Å². The number of aryl methyl sites for hydroxylation is 2. The van der Waals surface area contributed by atoms with Gasteiger partial charge in [0.25, 0.3) is 5.91 Å². The van der Waals surface area contributed by atoms with E-state index in [0.717, 1.165) is 53.9 Å². The summed E-state index contributed by atoms with van der Waals surface area (Å²) in [6.45, 7) is 1.30. The minimum atomic E-state index is -0.448. The molecule has 4 nitrogen and oxygen atoms in total. The van der Waals surface area contributed by atoms with Crippen LogP contribution in [0, 0.1) is 0 Å². The summed E-state index contributed by atoms with van der Waals surface area (Å²) in [6.07, 6.45) is 5.39. The molecule has 0 saturated carbocycles. The molecule has 1 amide bonds. The molecule has 6 rings (SSSR count). The number of benzene rings is 2. The van der Waals surface area contributed by atoms with Crippen molar-refractivity contribution >= 4 is 28.8 Å². The van der Waals surface area contributed by atoms with Gasteiger partial charge in [0.05, 0.1) is 11.4 Å². The number of ether oxygens (including phenoxy) is 1. The lowest BCUT2D eigenvalue weighted by Gasteiger charge is -2.45. The monoisotopic (exact) mass is 488 g/mol. The van der Waals surface area contributed by atoms with Crippen molar-refractivity contribution in [2.75, 3.05) is 13.1 Å². The van der Waals surface area contributed by atoms with Crippen molar-refractivity contribution < 1.29 is 9.53 Å². The molecular weight excluding hydrogens is 464 g/mol. The van der Waals surface area contributed by atoms with Crippen LogP contribution in [0.1, 0.15) is 39.3 Å². The van der Waals surface area contributed by atoms with E-state index in [4.69, 9.17) is 16.3 Å². The lowest BCUT2D eigenvalue weighted by atomic mass is 9.86. The first-order valence-corrected chi connectivity index (χ1v) is 13.0. The summed E-state index contributed by atoms with van der Waals surface area (Å²) in [5, 5.41) is 2.77. The highest BCUT2D eigenvalue weighted by Crippen LogP contribution is 2.45. The van der Waals surface area contributed by atoms with Crippen LogP contribution in [0.5, 0.6) is 5.75 Å². The fourth-order valence-corrected chi connectivity index (χ4v) is 6.12. The summed E-state index contributed by atoms with van der Waals surface area (Å²) in [4.78, 5) is 16.9. The van der Waals surface area contributed by atoms with Gasteiger partial charge in [-0.15, -0.1) is 11.3 Å². The van der Waals surface area contributed by atoms with Crippen LogP contribution >= 0.6 is 22.9 Å². The number of carbonyl (C=O) groups is 1. The third kappa shape index (κ3) is 3.73. The summed E-state index contributed by atoms with van der Waals surface area (Å²) >= 11 is 8.04. The molecular formula is C28H25ClN2O2S. The molecule has 0 atom stereocenters. The van der Waals surface area contributed by atoms with Gasteiger partial charge in [0.2, 0.25) is 0 Å². The standard InChI is InChI=1S/C28H25ClN2O2S/c29-21-10-12-24-25(19-21)33-28(26-8-3-15-31(24)26)13-16-30(17-14-28)27(32)23-7-2-1-5-20(23)9-11-22-6-4-18-34-22/h1-8,10,12,15,18-19H,9,11,13-14,16-17H2. The molecule has 1 spiro atoms. The molecule has 1 saturated heterocycles. The quantitative estimate of drug-likeness (QED) is 0.328. The lowest BCUT2D eigenvalue weighted by Crippen LogP contribution is -2.50. The highest BCUT2D eigenvalue weighted by molar-refractivity contribution is 7.09. The highest BCUT2D eigenvalue weighted by Gasteiger charge is 2.44. The Labute approximate surface area is 208 Å². The molecule has 0 aliphatic carbocycles. The molecule has 2 aromatic heterocycles. The van der Waals surface area contributed by atoms with E-state index < -0.39 is 5.60 Å². The molecule has 6 heteroatoms. The summed E-state index contributed by atoms with van der Waals surface area (Å²) in [6, 6.07) is 22.3. The maximum atomic E-state index is 13.6. The summed E-state index contributed by atoms with van der Waals surface area (Å²) in [7, 11) is 0. The number of hydrogen-bond acceptors (Lipinski definition) is 3. The van der Waals surface area contributed by atoms with E-state index in [-0.39, 0.29) is 5.91 Å². The number of aromatic nitrogens is 1. The lowest BCUT2D eigenvalue weighted by molar-refractivity contribution is -0.00932. The molecule has 2 aliphatic rings. The Kier molecular flexibility index (Phi) is 5.47. The van der Waals surface area contributed by atoms with Gasteiger partial charge in [-0.25, -0.2) is 0 Å². The van der Waals surface area contributed by atoms with Crippen LogP contribution < -0.4 is 4.74 Å². The maximum Gasteiger partial charge on any atom is 0.254 e. The maximum absolute atomic E-state index is 13.6. The number of likely N-dealkylation sites (tertiary alicyclic amines) is 1. The number of halogens is 1. The zero-order valence-electron chi connectivity index (χ0n) is 18.7. The predicted octanol–water partition coefficient (Wildman–Crippen LogP) is 6.50. The van der Waals surface area contributed by atoms with Crippen molar-refractivity contribution in [2.24, 2.45) is 0 Å². The van der Waals surface area contributed by atoms with E-state index in [0.29, 0.717) is 18.1 Å². The first-order valence-electron chi connectivity index (χ1n) is 11.7. The molecule has 0 N–H and O–H groups in total. The van der Waals surface area contributed by atoms with Crippen molar-refractivity contribution in [2.45, 2.75) is 31.3 Å². The third-order valence-corrected chi connectivity index (χ3v) is 8.20. The van der Waals surface area contributed by atoms with Crippen LogP contribution in [0.3, 0.4) is 0 Å². The Morgan fingerprint density at radius 1 is 1.00 bits per heavy atom. The Hall–Kier alpha value is -3.02. The van der Waals surface area contributed by atoms with Gasteiger partial charge in [0, 0.05) is 53.7 Å². The van der Waals surface area contributed by atoms with Crippen LogP contribution in [-0.2, 0) is 18.4 Å². The Morgan fingerprint density at radius 3 is 2.68 bits per heavy atom. The number of nitrogens with zero attached hydrogens (tertiary/aromatic N) is 2. The normalized spacial score (nSPS) is 16.1. The van der Waals surface area contributed by atoms with Crippen LogP contribution in [0.4, 0.5) is 0 Å². The fraction of sp³-hybridized carbons (Fsp3) is 0.250. The van der Waals surface area contributed by atoms with Gasteiger partial charge in [0.15, 0.2) is 5.60 Å². The van der Waals surface area contributed by atoms with Crippen molar-refractivity contribution in [3.05, 3.63) is 105 Å². The van der Waals surface area contributed by atoms with E-state index in [1.54, 1.807) is 11.3 Å². The molecule has 2 aliphatic heterocycles. The van der Waals surface area contributed by atoms with Gasteiger partial charge in [0.1, 0.15) is 5.75 Å². The third-order valence-electron chi connectivity index (χ3n) is 7.03. The average Bonchev–Trinajstić information content (AvgIpc) is 3.56. The number of piperidine rings is 1. The second-order valence-corrected chi connectivity index (χ2v) is 10.5. The Bertz CT molecular complexity index is 1340. The van der Waals surface area contributed by atoms with Gasteiger partial charge < -0.3 is 14.2 Å². The number of hydrogen-bond donors (Lipinski definition) is 0. The fourth-order valence-electron chi connectivity index (χ4n) is 5.25. The molecule has 0 bridgehead atoms. The first kappa shape index (κ1) is 21.5. The van der Waals surface area contributed by atoms with Crippen molar-refractivity contribution in [1.82, 2.24) is 9.47 Å². The molecule has 2 aromatic carbocycles. The smallest absolute Gasteiger partial charge is 0.254 e. The van der Waals surface area contributed by atoms with Crippen LogP contribution in [-0.4, -0.2) is 28.5 Å².